The van der Waals surface area contributed by atoms with E-state index in [1.54, 1.807) is 0 Å². The van der Waals surface area contributed by atoms with Gasteiger partial charge in [-0.2, -0.15) is 26.3 Å². The van der Waals surface area contributed by atoms with E-state index in [0.717, 1.165) is 23.1 Å². The first-order valence-electron chi connectivity index (χ1n) is 7.23. The van der Waals surface area contributed by atoms with Gasteiger partial charge < -0.3 is 4.90 Å². The van der Waals surface area contributed by atoms with Gasteiger partial charge in [0.25, 0.3) is 5.91 Å². The summed E-state index contributed by atoms with van der Waals surface area (Å²) in [4.78, 5) is 13.3. The first-order chi connectivity index (χ1) is 11.0. The molecule has 2 nitrogen and oxygen atoms in total. The maximum absolute atomic E-state index is 13.1. The minimum absolute atomic E-state index is 0.00102. The summed E-state index contributed by atoms with van der Waals surface area (Å²) < 4.78 is 77.8. The van der Waals surface area contributed by atoms with Crippen molar-refractivity contribution in [2.75, 3.05) is 13.1 Å². The Kier molecular flexibility index (Phi) is 4.96. The second kappa shape index (κ2) is 6.49. The number of piperidine rings is 1. The van der Waals surface area contributed by atoms with Gasteiger partial charge in [-0.05, 0) is 30.5 Å². The highest BCUT2D eigenvalue weighted by Crippen LogP contribution is 2.36. The van der Waals surface area contributed by atoms with Gasteiger partial charge >= 0.3 is 12.4 Å². The summed E-state index contributed by atoms with van der Waals surface area (Å²) in [6.07, 6.45) is -8.02. The van der Waals surface area contributed by atoms with Crippen molar-refractivity contribution in [3.63, 3.8) is 0 Å². The Hall–Kier alpha value is -1.99. The third kappa shape index (κ3) is 3.91. The summed E-state index contributed by atoms with van der Waals surface area (Å²) in [5.41, 5.74) is -1.52. The number of likely N-dealkylation sites (tertiary alicyclic amines) is 1. The molecule has 1 unspecified atom stereocenters. The molecule has 1 atom stereocenters. The van der Waals surface area contributed by atoms with Crippen molar-refractivity contribution >= 4 is 12.0 Å². The normalized spacial score (nSPS) is 19.2. The average molecular weight is 351 g/mol. The number of hydrogen-bond acceptors (Lipinski definition) is 1. The first-order valence-corrected chi connectivity index (χ1v) is 7.23. The minimum atomic E-state index is -4.77. The molecule has 0 radical (unpaired) electrons. The van der Waals surface area contributed by atoms with Crippen LogP contribution in [0.2, 0.25) is 0 Å². The predicted molar refractivity (Wildman–Crippen MR) is 76.2 cm³/mol. The van der Waals surface area contributed by atoms with E-state index in [4.69, 9.17) is 0 Å². The Morgan fingerprint density at radius 1 is 1.21 bits per heavy atom. The first kappa shape index (κ1) is 18.4. The van der Waals surface area contributed by atoms with Crippen LogP contribution in [0, 0.1) is 5.92 Å². The van der Waals surface area contributed by atoms with Crippen LogP contribution in [0.25, 0.3) is 6.08 Å². The van der Waals surface area contributed by atoms with E-state index in [0.29, 0.717) is 0 Å². The standard InChI is InChI=1S/C16H15F6NO/c1-2-10-5-6-13(16(20,21)22)12(8-10)14(24)23-7-3-4-11(9-23)15(17,18)19/h2,5-6,8,11H,1,3-4,7,9H2. The van der Waals surface area contributed by atoms with E-state index in [-0.39, 0.29) is 24.9 Å². The Balaban J connectivity index is 2.36. The summed E-state index contributed by atoms with van der Waals surface area (Å²) in [5.74, 6) is -2.76. The van der Waals surface area contributed by atoms with E-state index in [9.17, 15) is 31.1 Å². The van der Waals surface area contributed by atoms with Crippen LogP contribution in [0.15, 0.2) is 24.8 Å². The van der Waals surface area contributed by atoms with Crippen LogP contribution >= 0.6 is 0 Å². The van der Waals surface area contributed by atoms with Crippen LogP contribution in [0.5, 0.6) is 0 Å². The number of amides is 1. The van der Waals surface area contributed by atoms with Gasteiger partial charge in [-0.3, -0.25) is 4.79 Å². The Bertz CT molecular complexity index is 634. The van der Waals surface area contributed by atoms with Gasteiger partial charge in [0.05, 0.1) is 17.0 Å². The van der Waals surface area contributed by atoms with Crippen molar-refractivity contribution in [1.82, 2.24) is 4.90 Å². The Morgan fingerprint density at radius 2 is 1.88 bits per heavy atom. The number of nitrogens with zero attached hydrogens (tertiary/aromatic N) is 1. The summed E-state index contributed by atoms with van der Waals surface area (Å²) >= 11 is 0. The lowest BCUT2D eigenvalue weighted by Crippen LogP contribution is -2.45. The van der Waals surface area contributed by atoms with E-state index in [2.05, 4.69) is 6.58 Å². The fraction of sp³-hybridized carbons (Fsp3) is 0.438. The molecule has 0 spiro atoms. The Morgan fingerprint density at radius 3 is 2.42 bits per heavy atom. The Labute approximate surface area is 134 Å². The largest absolute Gasteiger partial charge is 0.417 e. The van der Waals surface area contributed by atoms with Crippen LogP contribution < -0.4 is 0 Å². The highest BCUT2D eigenvalue weighted by molar-refractivity contribution is 5.96. The lowest BCUT2D eigenvalue weighted by molar-refractivity contribution is -0.184. The van der Waals surface area contributed by atoms with Gasteiger partial charge in [0, 0.05) is 13.1 Å². The van der Waals surface area contributed by atoms with Gasteiger partial charge in [0.1, 0.15) is 0 Å². The molecule has 8 heteroatoms. The van der Waals surface area contributed by atoms with Gasteiger partial charge in [-0.1, -0.05) is 18.7 Å². The molecule has 1 heterocycles. The predicted octanol–water partition coefficient (Wildman–Crippen LogP) is 4.76. The molecule has 0 bridgehead atoms. The van der Waals surface area contributed by atoms with Crippen molar-refractivity contribution in [3.05, 3.63) is 41.5 Å². The molecule has 132 valence electrons. The van der Waals surface area contributed by atoms with E-state index < -0.39 is 41.8 Å². The molecule has 0 saturated carbocycles. The van der Waals surface area contributed by atoms with Gasteiger partial charge in [0.15, 0.2) is 0 Å². The number of benzene rings is 1. The zero-order valence-corrected chi connectivity index (χ0v) is 12.5. The maximum atomic E-state index is 13.1. The maximum Gasteiger partial charge on any atom is 0.417 e. The second-order valence-corrected chi connectivity index (χ2v) is 5.64. The number of carbonyl (C=O) groups excluding carboxylic acids is 1. The lowest BCUT2D eigenvalue weighted by Gasteiger charge is -2.34. The van der Waals surface area contributed by atoms with Crippen LogP contribution in [0.1, 0.15) is 34.3 Å². The summed E-state index contributed by atoms with van der Waals surface area (Å²) in [6, 6.07) is 2.91. The van der Waals surface area contributed by atoms with Crippen LogP contribution in [0.4, 0.5) is 26.3 Å². The zero-order valence-electron chi connectivity index (χ0n) is 12.5. The SMILES string of the molecule is C=Cc1ccc(C(F)(F)F)c(C(=O)N2CCCC(C(F)(F)F)C2)c1. The summed E-state index contributed by atoms with van der Waals surface area (Å²) in [7, 11) is 0. The molecule has 2 rings (SSSR count). The molecule has 1 amide bonds. The van der Waals surface area contributed by atoms with Crippen molar-refractivity contribution in [1.29, 1.82) is 0 Å². The lowest BCUT2D eigenvalue weighted by atomic mass is 9.95. The fourth-order valence-electron chi connectivity index (χ4n) is 2.71. The number of hydrogen-bond donors (Lipinski definition) is 0. The quantitative estimate of drug-likeness (QED) is 0.704. The molecular weight excluding hydrogens is 336 g/mol. The molecular formula is C16H15F6NO. The highest BCUT2D eigenvalue weighted by Gasteiger charge is 2.44. The van der Waals surface area contributed by atoms with Crippen LogP contribution in [-0.4, -0.2) is 30.1 Å². The highest BCUT2D eigenvalue weighted by atomic mass is 19.4. The van der Waals surface area contributed by atoms with Gasteiger partial charge in [-0.25, -0.2) is 0 Å². The fourth-order valence-corrected chi connectivity index (χ4v) is 2.71. The molecule has 0 aliphatic carbocycles. The second-order valence-electron chi connectivity index (χ2n) is 5.64. The average Bonchev–Trinajstić information content (AvgIpc) is 2.52. The molecule has 1 aromatic carbocycles. The zero-order chi connectivity index (χ0) is 18.1. The molecule has 0 aromatic heterocycles. The minimum Gasteiger partial charge on any atom is -0.338 e. The van der Waals surface area contributed by atoms with Crippen molar-refractivity contribution in [3.8, 4) is 0 Å². The van der Waals surface area contributed by atoms with Crippen LogP contribution in [-0.2, 0) is 6.18 Å². The number of halogens is 6. The number of carbonyl (C=O) groups is 1. The number of alkyl halides is 6. The summed E-state index contributed by atoms with van der Waals surface area (Å²) in [5, 5.41) is 0. The number of rotatable bonds is 2. The third-order valence-corrected chi connectivity index (χ3v) is 3.99. The van der Waals surface area contributed by atoms with Crippen LogP contribution in [0.3, 0.4) is 0 Å². The third-order valence-electron chi connectivity index (χ3n) is 3.99. The topological polar surface area (TPSA) is 20.3 Å². The molecule has 1 saturated heterocycles. The van der Waals surface area contributed by atoms with E-state index in [1.165, 1.54) is 6.08 Å². The molecule has 0 N–H and O–H groups in total. The smallest absolute Gasteiger partial charge is 0.338 e. The van der Waals surface area contributed by atoms with E-state index in [1.807, 2.05) is 0 Å². The van der Waals surface area contributed by atoms with E-state index >= 15 is 0 Å². The molecule has 24 heavy (non-hydrogen) atoms. The molecule has 1 aromatic rings. The van der Waals surface area contributed by atoms with Crippen molar-refractivity contribution < 1.29 is 31.1 Å². The molecule has 1 fully saturated rings. The molecule has 1 aliphatic rings. The molecule has 1 aliphatic heterocycles. The van der Waals surface area contributed by atoms with Gasteiger partial charge in [-0.15, -0.1) is 0 Å². The van der Waals surface area contributed by atoms with Crippen molar-refractivity contribution in [2.45, 2.75) is 25.2 Å². The van der Waals surface area contributed by atoms with Gasteiger partial charge in [0.2, 0.25) is 0 Å². The summed E-state index contributed by atoms with van der Waals surface area (Å²) in [6.45, 7) is 2.80. The van der Waals surface area contributed by atoms with Crippen molar-refractivity contribution in [2.24, 2.45) is 5.92 Å². The monoisotopic (exact) mass is 351 g/mol.